The molecule has 0 bridgehead atoms. The number of hydrogen-bond acceptors (Lipinski definition) is 0. The monoisotopic (exact) mass is 237 g/mol. The van der Waals surface area contributed by atoms with E-state index in [0.717, 1.165) is 6.42 Å². The Hall–Kier alpha value is 0.688. The molecular weight excluding hydrogens is 231 g/mol. The summed E-state index contributed by atoms with van der Waals surface area (Å²) in [5.74, 6) is 0. The summed E-state index contributed by atoms with van der Waals surface area (Å²) in [5, 5.41) is 0. The van der Waals surface area contributed by atoms with Crippen LogP contribution in [0.5, 0.6) is 0 Å². The first kappa shape index (κ1) is 8.82. The van der Waals surface area contributed by atoms with Gasteiger partial charge in [0.1, 0.15) is 0 Å². The van der Waals surface area contributed by atoms with Crippen LogP contribution in [0.2, 0.25) is 0 Å². The predicted octanol–water partition coefficient (Wildman–Crippen LogP) is 1.04. The average Bonchev–Trinajstić information content (AvgIpc) is 0.918. The van der Waals surface area contributed by atoms with Crippen LogP contribution in [-0.4, -0.2) is 0 Å². The molecule has 1 heteroatoms. The van der Waals surface area contributed by atoms with Crippen molar-refractivity contribution in [3.05, 3.63) is 13.8 Å². The fourth-order valence-electron chi connectivity index (χ4n) is 0. The van der Waals surface area contributed by atoms with Crippen molar-refractivity contribution in [1.82, 2.24) is 0 Å². The largest absolute Gasteiger partial charge is 2.00 e. The van der Waals surface area contributed by atoms with Gasteiger partial charge in [-0.05, 0) is 0 Å². The average molecular weight is 237 g/mol. The van der Waals surface area contributed by atoms with Crippen LogP contribution in [0.3, 0.4) is 0 Å². The minimum atomic E-state index is 0. The summed E-state index contributed by atoms with van der Waals surface area (Å²) < 4.78 is 0. The zero-order valence-electron chi connectivity index (χ0n) is 2.44. The van der Waals surface area contributed by atoms with Crippen molar-refractivity contribution >= 4 is 0 Å². The van der Waals surface area contributed by atoms with Gasteiger partial charge in [0, 0.05) is 0 Å². The summed E-state index contributed by atoms with van der Waals surface area (Å²) in [6, 6.07) is 0. The third kappa shape index (κ3) is 16.2. The van der Waals surface area contributed by atoms with Crippen LogP contribution in [0.1, 0.15) is 6.42 Å². The third-order valence-electron chi connectivity index (χ3n) is 0. The SMILES string of the molecule is [CH2-]C[CH2-].[Pt+2]. The van der Waals surface area contributed by atoms with Crippen LogP contribution in [0.25, 0.3) is 0 Å². The Kier molecular flexibility index (Phi) is 20.6. The summed E-state index contributed by atoms with van der Waals surface area (Å²) in [4.78, 5) is 0. The van der Waals surface area contributed by atoms with E-state index in [2.05, 4.69) is 13.8 Å². The van der Waals surface area contributed by atoms with Crippen LogP contribution in [0, 0.1) is 13.8 Å². The summed E-state index contributed by atoms with van der Waals surface area (Å²) in [6.07, 6.45) is 0.750. The fraction of sp³-hybridized carbons (Fsp3) is 0.333. The molecule has 0 nitrogen and oxygen atoms in total. The normalized spacial score (nSPS) is 4.50. The van der Waals surface area contributed by atoms with Gasteiger partial charge in [-0.2, -0.15) is 0 Å². The van der Waals surface area contributed by atoms with E-state index in [4.69, 9.17) is 0 Å². The van der Waals surface area contributed by atoms with Gasteiger partial charge >= 0.3 is 21.1 Å². The quantitative estimate of drug-likeness (QED) is 0.552. The molecule has 0 saturated heterocycles. The molecule has 0 rings (SSSR count). The van der Waals surface area contributed by atoms with Crippen molar-refractivity contribution in [2.24, 2.45) is 0 Å². The van der Waals surface area contributed by atoms with Crippen LogP contribution in [0.4, 0.5) is 0 Å². The molecule has 0 amide bonds. The van der Waals surface area contributed by atoms with Crippen molar-refractivity contribution in [3.8, 4) is 0 Å². The van der Waals surface area contributed by atoms with E-state index in [9.17, 15) is 0 Å². The molecular formula is C3H6Pt. The molecule has 0 N–H and O–H groups in total. The van der Waals surface area contributed by atoms with Crippen LogP contribution < -0.4 is 0 Å². The topological polar surface area (TPSA) is 0 Å². The zero-order chi connectivity index (χ0) is 2.71. The molecule has 0 aromatic carbocycles. The van der Waals surface area contributed by atoms with Crippen molar-refractivity contribution in [3.63, 3.8) is 0 Å². The fourth-order valence-corrected chi connectivity index (χ4v) is 0. The predicted molar refractivity (Wildman–Crippen MR) is 15.3 cm³/mol. The van der Waals surface area contributed by atoms with E-state index in [0.29, 0.717) is 0 Å². The first-order valence-electron chi connectivity index (χ1n) is 1.000. The van der Waals surface area contributed by atoms with Gasteiger partial charge in [-0.25, -0.2) is 0 Å². The molecule has 4 heavy (non-hydrogen) atoms. The number of hydrogen-bond donors (Lipinski definition) is 0. The molecule has 0 saturated carbocycles. The first-order valence-corrected chi connectivity index (χ1v) is 1.000. The van der Waals surface area contributed by atoms with Crippen molar-refractivity contribution in [2.75, 3.05) is 0 Å². The van der Waals surface area contributed by atoms with E-state index in [-0.39, 0.29) is 21.1 Å². The Morgan fingerprint density at radius 2 is 1.25 bits per heavy atom. The van der Waals surface area contributed by atoms with Gasteiger partial charge in [0.05, 0.1) is 0 Å². The Morgan fingerprint density at radius 3 is 1.25 bits per heavy atom. The summed E-state index contributed by atoms with van der Waals surface area (Å²) in [7, 11) is 0. The Morgan fingerprint density at radius 1 is 1.25 bits per heavy atom. The van der Waals surface area contributed by atoms with Crippen molar-refractivity contribution in [1.29, 1.82) is 0 Å². The maximum Gasteiger partial charge on any atom is 2.00 e. The molecule has 0 unspecified atom stereocenters. The molecule has 0 aliphatic carbocycles. The second-order valence-electron chi connectivity index (χ2n) is 0.354. The summed E-state index contributed by atoms with van der Waals surface area (Å²) in [6.45, 7) is 6.75. The Balaban J connectivity index is 0. The van der Waals surface area contributed by atoms with Gasteiger partial charge in [-0.1, -0.05) is 0 Å². The molecule has 0 heterocycles. The Labute approximate surface area is 41.9 Å². The Bertz CT molecular complexity index is 3.25. The molecule has 0 radical (unpaired) electrons. The van der Waals surface area contributed by atoms with Crippen LogP contribution in [0.15, 0.2) is 0 Å². The molecule has 28 valence electrons. The van der Waals surface area contributed by atoms with Gasteiger partial charge in [0.15, 0.2) is 0 Å². The molecule has 0 aliphatic rings. The summed E-state index contributed by atoms with van der Waals surface area (Å²) in [5.41, 5.74) is 0. The van der Waals surface area contributed by atoms with Crippen molar-refractivity contribution in [2.45, 2.75) is 6.42 Å². The molecule has 0 spiro atoms. The van der Waals surface area contributed by atoms with E-state index in [1.165, 1.54) is 0 Å². The zero-order valence-corrected chi connectivity index (χ0v) is 4.71. The molecule has 0 aromatic rings. The maximum absolute atomic E-state index is 3.38. The molecule has 0 fully saturated rings. The van der Waals surface area contributed by atoms with Gasteiger partial charge in [0.2, 0.25) is 0 Å². The van der Waals surface area contributed by atoms with E-state index in [1.54, 1.807) is 0 Å². The van der Waals surface area contributed by atoms with Gasteiger partial charge < -0.3 is 20.3 Å². The minimum Gasteiger partial charge on any atom is -0.372 e. The second kappa shape index (κ2) is 9.35. The van der Waals surface area contributed by atoms with Gasteiger partial charge in [-0.15, -0.1) is 0 Å². The smallest absolute Gasteiger partial charge is 0.372 e. The third-order valence-corrected chi connectivity index (χ3v) is 0. The first-order chi connectivity index (χ1) is 1.41. The molecule has 0 aliphatic heterocycles. The number of rotatable bonds is 0. The van der Waals surface area contributed by atoms with Gasteiger partial charge in [0.25, 0.3) is 0 Å². The van der Waals surface area contributed by atoms with E-state index >= 15 is 0 Å². The minimum absolute atomic E-state index is 0. The van der Waals surface area contributed by atoms with Crippen LogP contribution >= 0.6 is 0 Å². The van der Waals surface area contributed by atoms with E-state index in [1.807, 2.05) is 0 Å². The standard InChI is InChI=1S/C3H6.Pt/c1-3-2;/h1-3H2;/q-2;+2. The summed E-state index contributed by atoms with van der Waals surface area (Å²) >= 11 is 0. The van der Waals surface area contributed by atoms with Crippen molar-refractivity contribution < 1.29 is 21.1 Å². The molecule has 0 aromatic heterocycles. The molecule has 0 atom stereocenters. The second-order valence-corrected chi connectivity index (χ2v) is 0.354. The van der Waals surface area contributed by atoms with Crippen LogP contribution in [-0.2, 0) is 21.1 Å². The van der Waals surface area contributed by atoms with Gasteiger partial charge in [-0.3, -0.25) is 0 Å². The van der Waals surface area contributed by atoms with E-state index < -0.39 is 0 Å². The maximum atomic E-state index is 3.38.